The van der Waals surface area contributed by atoms with Gasteiger partial charge < -0.3 is 14.8 Å². The zero-order valence-corrected chi connectivity index (χ0v) is 19.8. The summed E-state index contributed by atoms with van der Waals surface area (Å²) in [5.41, 5.74) is 2.08. The van der Waals surface area contributed by atoms with Crippen molar-refractivity contribution in [2.45, 2.75) is 31.7 Å². The summed E-state index contributed by atoms with van der Waals surface area (Å²) in [5, 5.41) is 16.8. The van der Waals surface area contributed by atoms with Gasteiger partial charge in [0.15, 0.2) is 11.5 Å². The average Bonchev–Trinajstić information content (AvgIpc) is 3.17. The highest BCUT2D eigenvalue weighted by Gasteiger charge is 2.08. The molecular weight excluding hydrogens is 457 g/mol. The molecule has 10 heteroatoms. The molecule has 2 aromatic carbocycles. The fourth-order valence-electron chi connectivity index (χ4n) is 2.78. The van der Waals surface area contributed by atoms with E-state index in [0.717, 1.165) is 47.3 Å². The molecule has 0 spiro atoms. The number of thioether (sulfide) groups is 1. The van der Waals surface area contributed by atoms with Crippen LogP contribution in [0.1, 0.15) is 24.5 Å². The first-order chi connectivity index (χ1) is 15.1. The fraction of sp³-hybridized carbons (Fsp3) is 0.381. The van der Waals surface area contributed by atoms with E-state index in [4.69, 9.17) is 32.7 Å². The van der Waals surface area contributed by atoms with E-state index < -0.39 is 0 Å². The first-order valence-electron chi connectivity index (χ1n) is 9.95. The van der Waals surface area contributed by atoms with Gasteiger partial charge in [0, 0.05) is 19.3 Å². The lowest BCUT2D eigenvalue weighted by molar-refractivity contribution is 0.269. The maximum Gasteiger partial charge on any atom is 0.209 e. The minimum Gasteiger partial charge on any atom is -0.490 e. The van der Waals surface area contributed by atoms with Crippen LogP contribution in [-0.2, 0) is 20.2 Å². The lowest BCUT2D eigenvalue weighted by atomic mass is 10.2. The van der Waals surface area contributed by atoms with Crippen molar-refractivity contribution < 1.29 is 9.47 Å². The van der Waals surface area contributed by atoms with E-state index in [1.165, 1.54) is 0 Å². The molecule has 3 rings (SSSR count). The first kappa shape index (κ1) is 23.7. The van der Waals surface area contributed by atoms with E-state index in [2.05, 4.69) is 20.8 Å². The van der Waals surface area contributed by atoms with E-state index in [-0.39, 0.29) is 0 Å². The van der Waals surface area contributed by atoms with E-state index in [1.54, 1.807) is 22.5 Å². The van der Waals surface area contributed by atoms with Gasteiger partial charge in [-0.25, -0.2) is 4.68 Å². The Morgan fingerprint density at radius 1 is 1.03 bits per heavy atom. The van der Waals surface area contributed by atoms with Crippen molar-refractivity contribution in [3.63, 3.8) is 0 Å². The highest BCUT2D eigenvalue weighted by atomic mass is 35.5. The predicted molar refractivity (Wildman–Crippen MR) is 124 cm³/mol. The number of aromatic nitrogens is 4. The molecule has 1 N–H and O–H groups in total. The Kier molecular flexibility index (Phi) is 9.27. The monoisotopic (exact) mass is 481 g/mol. The van der Waals surface area contributed by atoms with Crippen molar-refractivity contribution in [1.29, 1.82) is 0 Å². The minimum atomic E-state index is 0.382. The Bertz CT molecular complexity index is 986. The number of ether oxygens (including phenoxy) is 2. The highest BCUT2D eigenvalue weighted by molar-refractivity contribution is 7.99. The van der Waals surface area contributed by atoms with Crippen molar-refractivity contribution >= 4 is 35.0 Å². The molecule has 0 saturated carbocycles. The molecule has 0 aliphatic carbocycles. The zero-order chi connectivity index (χ0) is 22.1. The summed E-state index contributed by atoms with van der Waals surface area (Å²) >= 11 is 13.7. The molecule has 0 fully saturated rings. The van der Waals surface area contributed by atoms with Gasteiger partial charge in [0.25, 0.3) is 0 Å². The molecule has 3 aromatic rings. The predicted octanol–water partition coefficient (Wildman–Crippen LogP) is 4.77. The van der Waals surface area contributed by atoms with Crippen LogP contribution in [-0.4, -0.2) is 39.1 Å². The maximum absolute atomic E-state index is 6.08. The molecular formula is C21H25Cl2N5O2S. The van der Waals surface area contributed by atoms with E-state index in [1.807, 2.05) is 44.3 Å². The average molecular weight is 482 g/mol. The van der Waals surface area contributed by atoms with E-state index in [9.17, 15) is 0 Å². The second-order valence-corrected chi connectivity index (χ2v) is 8.59. The van der Waals surface area contributed by atoms with E-state index in [0.29, 0.717) is 29.0 Å². The molecule has 0 unspecified atom stereocenters. The number of halogens is 2. The number of aryl methyl sites for hydroxylation is 1. The van der Waals surface area contributed by atoms with Crippen LogP contribution < -0.4 is 14.8 Å². The van der Waals surface area contributed by atoms with Gasteiger partial charge in [0.05, 0.1) is 16.7 Å². The summed E-state index contributed by atoms with van der Waals surface area (Å²) in [6.45, 7) is 4.56. The van der Waals surface area contributed by atoms with Crippen LogP contribution >= 0.6 is 35.0 Å². The van der Waals surface area contributed by atoms with Crippen LogP contribution in [0, 0.1) is 0 Å². The molecule has 0 aliphatic heterocycles. The van der Waals surface area contributed by atoms with Gasteiger partial charge in [-0.2, -0.15) is 0 Å². The van der Waals surface area contributed by atoms with Crippen LogP contribution in [0.4, 0.5) is 0 Å². The number of hydrogen-bond donors (Lipinski definition) is 1. The summed E-state index contributed by atoms with van der Waals surface area (Å²) in [6.07, 6.45) is 1.01. The topological polar surface area (TPSA) is 74.1 Å². The summed E-state index contributed by atoms with van der Waals surface area (Å²) in [5.74, 6) is 2.38. The molecule has 7 nitrogen and oxygen atoms in total. The Morgan fingerprint density at radius 3 is 2.61 bits per heavy atom. The second kappa shape index (κ2) is 12.1. The molecule has 0 atom stereocenters. The largest absolute Gasteiger partial charge is 0.490 e. The Morgan fingerprint density at radius 2 is 1.87 bits per heavy atom. The highest BCUT2D eigenvalue weighted by Crippen LogP contribution is 2.30. The van der Waals surface area contributed by atoms with Crippen molar-refractivity contribution in [2.75, 3.05) is 18.9 Å². The van der Waals surface area contributed by atoms with Crippen LogP contribution in [0.5, 0.6) is 11.5 Å². The number of tetrazole rings is 1. The third kappa shape index (κ3) is 7.28. The van der Waals surface area contributed by atoms with Gasteiger partial charge in [-0.3, -0.25) is 0 Å². The Balaban J connectivity index is 1.47. The normalized spacial score (nSPS) is 11.0. The Labute approximate surface area is 196 Å². The van der Waals surface area contributed by atoms with Gasteiger partial charge in [0.2, 0.25) is 5.16 Å². The number of nitrogens with zero attached hydrogens (tertiary/aromatic N) is 4. The number of hydrogen-bond acceptors (Lipinski definition) is 7. The molecule has 1 heterocycles. The van der Waals surface area contributed by atoms with Gasteiger partial charge in [-0.05, 0) is 65.7 Å². The lowest BCUT2D eigenvalue weighted by Crippen LogP contribution is -2.15. The minimum absolute atomic E-state index is 0.382. The van der Waals surface area contributed by atoms with Gasteiger partial charge in [0.1, 0.15) is 6.61 Å². The molecule has 0 aliphatic rings. The number of benzene rings is 2. The second-order valence-electron chi connectivity index (χ2n) is 6.72. The summed E-state index contributed by atoms with van der Waals surface area (Å²) < 4.78 is 13.4. The van der Waals surface area contributed by atoms with Crippen molar-refractivity contribution in [3.8, 4) is 11.5 Å². The third-order valence-corrected chi connectivity index (χ3v) is 6.16. The van der Waals surface area contributed by atoms with Gasteiger partial charge >= 0.3 is 0 Å². The molecule has 0 amide bonds. The van der Waals surface area contributed by atoms with Crippen LogP contribution in [0.15, 0.2) is 41.6 Å². The number of nitrogens with one attached hydrogen (secondary N) is 1. The number of rotatable bonds is 12. The van der Waals surface area contributed by atoms with Crippen LogP contribution in [0.25, 0.3) is 0 Å². The summed E-state index contributed by atoms with van der Waals surface area (Å²) in [7, 11) is 1.84. The van der Waals surface area contributed by atoms with Gasteiger partial charge in [-0.15, -0.1) is 5.10 Å². The molecule has 0 saturated heterocycles. The lowest BCUT2D eigenvalue weighted by Gasteiger charge is -2.14. The SMILES string of the molecule is CCOc1cc(CNCCCSc2nnnn2C)ccc1OCc1ccc(Cl)c(Cl)c1. The van der Waals surface area contributed by atoms with Gasteiger partial charge in [-0.1, -0.05) is 47.1 Å². The van der Waals surface area contributed by atoms with Crippen molar-refractivity contribution in [1.82, 2.24) is 25.5 Å². The van der Waals surface area contributed by atoms with Crippen molar-refractivity contribution in [2.24, 2.45) is 7.05 Å². The molecule has 0 bridgehead atoms. The quantitative estimate of drug-likeness (QED) is 0.295. The fourth-order valence-corrected chi connectivity index (χ4v) is 3.89. The zero-order valence-electron chi connectivity index (χ0n) is 17.5. The smallest absolute Gasteiger partial charge is 0.209 e. The molecule has 1 aromatic heterocycles. The molecule has 0 radical (unpaired) electrons. The summed E-state index contributed by atoms with van der Waals surface area (Å²) in [4.78, 5) is 0. The first-order valence-corrected chi connectivity index (χ1v) is 11.7. The summed E-state index contributed by atoms with van der Waals surface area (Å²) in [6, 6.07) is 11.5. The van der Waals surface area contributed by atoms with Crippen molar-refractivity contribution in [3.05, 3.63) is 57.6 Å². The van der Waals surface area contributed by atoms with E-state index >= 15 is 0 Å². The Hall–Kier alpha value is -2.00. The molecule has 31 heavy (non-hydrogen) atoms. The third-order valence-electron chi connectivity index (χ3n) is 4.33. The van der Waals surface area contributed by atoms with Crippen LogP contribution in [0.2, 0.25) is 10.0 Å². The standard InChI is InChI=1S/C21H25Cl2N5O2S/c1-3-29-20-12-15(13-24-9-4-10-31-21-25-26-27-28(21)2)6-8-19(20)30-14-16-5-7-17(22)18(23)11-16/h5-8,11-12,24H,3-4,9-10,13-14H2,1-2H3. The molecule has 166 valence electrons. The van der Waals surface area contributed by atoms with Crippen LogP contribution in [0.3, 0.4) is 0 Å². The maximum atomic E-state index is 6.08.